The SMILES string of the molecule is CC1(C)CN(C(=O)C2CCN(c3c(F)cncc3NC(=O)c3c(N)nn4cc(F)cnc34)CC2)CCN1. The number of hydrogen-bond donors (Lipinski definition) is 3. The lowest BCUT2D eigenvalue weighted by molar-refractivity contribution is -0.138. The highest BCUT2D eigenvalue weighted by atomic mass is 19.1. The summed E-state index contributed by atoms with van der Waals surface area (Å²) in [6.07, 6.45) is 5.57. The number of anilines is 3. The molecule has 4 N–H and O–H groups in total. The molecule has 0 unspecified atom stereocenters. The van der Waals surface area contributed by atoms with Gasteiger partial charge in [0.2, 0.25) is 5.91 Å². The maximum Gasteiger partial charge on any atom is 0.263 e. The Hall–Kier alpha value is -3.87. The zero-order valence-corrected chi connectivity index (χ0v) is 20.7. The number of pyridine rings is 1. The van der Waals surface area contributed by atoms with Gasteiger partial charge in [0.05, 0.1) is 30.5 Å². The molecule has 0 spiro atoms. The summed E-state index contributed by atoms with van der Waals surface area (Å²) in [5.41, 5.74) is 6.12. The molecule has 0 radical (unpaired) electrons. The number of nitrogens with two attached hydrogens (primary N) is 1. The number of amides is 2. The van der Waals surface area contributed by atoms with E-state index in [9.17, 15) is 14.0 Å². The lowest BCUT2D eigenvalue weighted by Crippen LogP contribution is -2.59. The molecule has 11 nitrogen and oxygen atoms in total. The highest BCUT2D eigenvalue weighted by molar-refractivity contribution is 6.12. The molecule has 0 atom stereocenters. The lowest BCUT2D eigenvalue weighted by Gasteiger charge is -2.42. The first-order valence-electron chi connectivity index (χ1n) is 12.2. The van der Waals surface area contributed by atoms with Crippen molar-refractivity contribution in [3.8, 4) is 0 Å². The van der Waals surface area contributed by atoms with Gasteiger partial charge >= 0.3 is 0 Å². The van der Waals surface area contributed by atoms with Crippen molar-refractivity contribution >= 4 is 34.7 Å². The predicted octanol–water partition coefficient (Wildman–Crippen LogP) is 1.66. The van der Waals surface area contributed by atoms with Crippen LogP contribution in [0.5, 0.6) is 0 Å². The molecule has 2 fully saturated rings. The van der Waals surface area contributed by atoms with E-state index in [2.05, 4.69) is 39.5 Å². The molecule has 0 aliphatic carbocycles. The molecule has 13 heteroatoms. The van der Waals surface area contributed by atoms with Gasteiger partial charge < -0.3 is 26.2 Å². The maximum atomic E-state index is 15.0. The number of piperazine rings is 1. The monoisotopic (exact) mass is 513 g/mol. The van der Waals surface area contributed by atoms with Crippen molar-refractivity contribution in [2.75, 3.05) is 48.7 Å². The number of carbonyl (C=O) groups excluding carboxylic acids is 2. The normalized spacial score (nSPS) is 18.3. The minimum Gasteiger partial charge on any atom is -0.381 e. The van der Waals surface area contributed by atoms with Crippen LogP contribution in [0, 0.1) is 17.6 Å². The van der Waals surface area contributed by atoms with Gasteiger partial charge in [0.25, 0.3) is 5.91 Å². The zero-order chi connectivity index (χ0) is 26.3. The van der Waals surface area contributed by atoms with E-state index in [-0.39, 0.29) is 45.8 Å². The van der Waals surface area contributed by atoms with Crippen LogP contribution >= 0.6 is 0 Å². The predicted molar refractivity (Wildman–Crippen MR) is 133 cm³/mol. The summed E-state index contributed by atoms with van der Waals surface area (Å²) >= 11 is 0. The van der Waals surface area contributed by atoms with Crippen LogP contribution in [0.25, 0.3) is 5.65 Å². The number of piperidine rings is 1. The van der Waals surface area contributed by atoms with E-state index in [1.54, 1.807) is 0 Å². The Bertz CT molecular complexity index is 1350. The third kappa shape index (κ3) is 4.90. The number of nitrogens with zero attached hydrogens (tertiary/aromatic N) is 6. The van der Waals surface area contributed by atoms with E-state index in [0.29, 0.717) is 39.0 Å². The average molecular weight is 514 g/mol. The van der Waals surface area contributed by atoms with E-state index in [1.165, 1.54) is 6.20 Å². The molecule has 3 aromatic heterocycles. The third-order valence-electron chi connectivity index (χ3n) is 6.86. The van der Waals surface area contributed by atoms with Gasteiger partial charge in [-0.1, -0.05) is 0 Å². The Labute approximate surface area is 212 Å². The van der Waals surface area contributed by atoms with Crippen LogP contribution in [0.15, 0.2) is 24.8 Å². The van der Waals surface area contributed by atoms with Crippen molar-refractivity contribution in [3.05, 3.63) is 42.0 Å². The topological polar surface area (TPSA) is 134 Å². The van der Waals surface area contributed by atoms with Crippen LogP contribution < -0.4 is 21.3 Å². The molecular formula is C24H29F2N9O2. The molecule has 196 valence electrons. The Balaban J connectivity index is 1.31. The van der Waals surface area contributed by atoms with E-state index in [0.717, 1.165) is 29.7 Å². The fraction of sp³-hybridized carbons (Fsp3) is 0.458. The number of hydrogen-bond acceptors (Lipinski definition) is 8. The largest absolute Gasteiger partial charge is 0.381 e. The zero-order valence-electron chi connectivity index (χ0n) is 20.7. The Kier molecular flexibility index (Phi) is 6.40. The molecule has 5 rings (SSSR count). The van der Waals surface area contributed by atoms with Gasteiger partial charge in [-0.15, -0.1) is 5.10 Å². The quantitative estimate of drug-likeness (QED) is 0.480. The molecular weight excluding hydrogens is 484 g/mol. The van der Waals surface area contributed by atoms with Crippen LogP contribution in [0.4, 0.5) is 26.0 Å². The second kappa shape index (κ2) is 9.54. The van der Waals surface area contributed by atoms with Crippen LogP contribution in [0.2, 0.25) is 0 Å². The minimum absolute atomic E-state index is 0.0570. The Morgan fingerprint density at radius 3 is 2.65 bits per heavy atom. The summed E-state index contributed by atoms with van der Waals surface area (Å²) in [5.74, 6) is -2.06. The van der Waals surface area contributed by atoms with Crippen molar-refractivity contribution in [1.82, 2.24) is 29.8 Å². The Morgan fingerprint density at radius 1 is 1.16 bits per heavy atom. The smallest absolute Gasteiger partial charge is 0.263 e. The molecule has 2 amide bonds. The van der Waals surface area contributed by atoms with Crippen LogP contribution in [0.3, 0.4) is 0 Å². The highest BCUT2D eigenvalue weighted by Gasteiger charge is 2.35. The Morgan fingerprint density at radius 2 is 1.92 bits per heavy atom. The molecule has 3 aromatic rings. The number of carbonyl (C=O) groups is 2. The summed E-state index contributed by atoms with van der Waals surface area (Å²) in [6.45, 7) is 7.11. The molecule has 2 aliphatic rings. The summed E-state index contributed by atoms with van der Waals surface area (Å²) in [4.78, 5) is 37.8. The average Bonchev–Trinajstić information content (AvgIpc) is 3.18. The number of rotatable bonds is 4. The standard InChI is InChI=1S/C24H29F2N9O2/c1-24(2)13-34(8-5-30-24)23(37)14-3-6-33(7-4-14)19-16(26)10-28-11-17(19)31-22(36)18-20(27)32-35-12-15(25)9-29-21(18)35/h9-12,14,30H,3-8,13H2,1-2H3,(H2,27,32)(H,31,36). The first kappa shape index (κ1) is 24.8. The molecule has 2 saturated heterocycles. The van der Waals surface area contributed by atoms with E-state index in [1.807, 2.05) is 9.80 Å². The van der Waals surface area contributed by atoms with Crippen molar-refractivity contribution in [2.45, 2.75) is 32.2 Å². The summed E-state index contributed by atoms with van der Waals surface area (Å²) in [5, 5.41) is 10.0. The fourth-order valence-corrected chi connectivity index (χ4v) is 5.11. The van der Waals surface area contributed by atoms with Gasteiger partial charge in [-0.3, -0.25) is 14.6 Å². The van der Waals surface area contributed by atoms with Gasteiger partial charge in [-0.2, -0.15) is 0 Å². The van der Waals surface area contributed by atoms with Crippen molar-refractivity contribution < 1.29 is 18.4 Å². The molecule has 5 heterocycles. The highest BCUT2D eigenvalue weighted by Crippen LogP contribution is 2.33. The number of aromatic nitrogens is 4. The number of nitrogens with one attached hydrogen (secondary N) is 2. The van der Waals surface area contributed by atoms with Gasteiger partial charge in [0.15, 0.2) is 23.1 Å². The first-order chi connectivity index (χ1) is 17.6. The van der Waals surface area contributed by atoms with E-state index in [4.69, 9.17) is 5.73 Å². The second-order valence-corrected chi connectivity index (χ2v) is 10.1. The van der Waals surface area contributed by atoms with Gasteiger partial charge in [0.1, 0.15) is 11.3 Å². The minimum atomic E-state index is -0.674. The van der Waals surface area contributed by atoms with E-state index >= 15 is 4.39 Å². The third-order valence-corrected chi connectivity index (χ3v) is 6.86. The van der Waals surface area contributed by atoms with Crippen molar-refractivity contribution in [3.63, 3.8) is 0 Å². The summed E-state index contributed by atoms with van der Waals surface area (Å²) in [7, 11) is 0. The maximum absolute atomic E-state index is 15.0. The first-order valence-corrected chi connectivity index (χ1v) is 12.2. The second-order valence-electron chi connectivity index (χ2n) is 10.1. The van der Waals surface area contributed by atoms with Gasteiger partial charge in [0, 0.05) is 44.2 Å². The summed E-state index contributed by atoms with van der Waals surface area (Å²) in [6, 6.07) is 0. The number of halogens is 2. The van der Waals surface area contributed by atoms with Gasteiger partial charge in [-0.05, 0) is 26.7 Å². The van der Waals surface area contributed by atoms with E-state index < -0.39 is 17.5 Å². The van der Waals surface area contributed by atoms with Crippen LogP contribution in [0.1, 0.15) is 37.0 Å². The summed E-state index contributed by atoms with van der Waals surface area (Å²) < 4.78 is 29.6. The van der Waals surface area contributed by atoms with Crippen molar-refractivity contribution in [1.29, 1.82) is 0 Å². The van der Waals surface area contributed by atoms with Crippen LogP contribution in [-0.2, 0) is 4.79 Å². The van der Waals surface area contributed by atoms with Crippen LogP contribution in [-0.4, -0.2) is 74.6 Å². The molecule has 37 heavy (non-hydrogen) atoms. The number of nitrogen functional groups attached to an aromatic ring is 1. The number of fused-ring (bicyclic) bond motifs is 1. The fourth-order valence-electron chi connectivity index (χ4n) is 5.11. The molecule has 0 aromatic carbocycles. The molecule has 0 saturated carbocycles. The van der Waals surface area contributed by atoms with Crippen molar-refractivity contribution in [2.24, 2.45) is 5.92 Å². The molecule has 2 aliphatic heterocycles. The lowest BCUT2D eigenvalue weighted by atomic mass is 9.93. The molecule has 0 bridgehead atoms. The van der Waals surface area contributed by atoms with Gasteiger partial charge in [-0.25, -0.2) is 18.3 Å².